The minimum absolute atomic E-state index is 0.0391. The lowest BCUT2D eigenvalue weighted by Gasteiger charge is -2.57. The number of Topliss-reactive ketones (excluding diaryl/α,β-unsaturated/α-hetero) is 2. The fourth-order valence-corrected chi connectivity index (χ4v) is 6.33. The molecule has 5 nitrogen and oxygen atoms in total. The molecule has 176 valence electrons. The van der Waals surface area contributed by atoms with Gasteiger partial charge in [-0.05, 0) is 48.2 Å². The van der Waals surface area contributed by atoms with E-state index in [1.165, 1.54) is 0 Å². The molecule has 1 N–H and O–H groups in total. The average molecular weight is 459 g/mol. The Labute approximate surface area is 200 Å². The van der Waals surface area contributed by atoms with Crippen molar-refractivity contribution in [2.75, 3.05) is 14.2 Å². The second-order valence-electron chi connectivity index (χ2n) is 10.1. The summed E-state index contributed by atoms with van der Waals surface area (Å²) >= 11 is 0. The number of allylic oxidation sites excluding steroid dienone is 3. The molecule has 5 heteroatoms. The summed E-state index contributed by atoms with van der Waals surface area (Å²) in [6.45, 7) is 5.70. The lowest BCUT2D eigenvalue weighted by Crippen LogP contribution is -2.66. The van der Waals surface area contributed by atoms with Crippen LogP contribution >= 0.6 is 0 Å². The highest BCUT2D eigenvalue weighted by atomic mass is 16.5. The Bertz CT molecular complexity index is 1220. The molecule has 4 aliphatic rings. The highest BCUT2D eigenvalue weighted by Crippen LogP contribution is 2.64. The lowest BCUT2D eigenvalue weighted by molar-refractivity contribution is -0.161. The summed E-state index contributed by atoms with van der Waals surface area (Å²) in [5.74, 6) is -0.526. The van der Waals surface area contributed by atoms with Gasteiger partial charge in [0, 0.05) is 22.8 Å². The van der Waals surface area contributed by atoms with Gasteiger partial charge in [-0.2, -0.15) is 0 Å². The molecular formula is C29H30O5. The number of ether oxygens (including phenoxy) is 2. The first-order chi connectivity index (χ1) is 16.2. The molecule has 4 aliphatic carbocycles. The maximum atomic E-state index is 14.1. The van der Waals surface area contributed by atoms with Crippen LogP contribution in [0.15, 0.2) is 66.3 Å². The number of aliphatic hydroxyl groups is 1. The van der Waals surface area contributed by atoms with Crippen molar-refractivity contribution in [3.63, 3.8) is 0 Å². The normalized spacial score (nSPS) is 31.9. The van der Waals surface area contributed by atoms with Crippen LogP contribution in [-0.4, -0.2) is 36.5 Å². The Morgan fingerprint density at radius 2 is 1.47 bits per heavy atom. The van der Waals surface area contributed by atoms with Crippen LogP contribution in [0.3, 0.4) is 0 Å². The minimum atomic E-state index is -1.59. The van der Waals surface area contributed by atoms with Crippen molar-refractivity contribution in [1.29, 1.82) is 0 Å². The standard InChI is InChI=1S/C29H30O5/c1-16(2)21-14-23-25-26(30)22(17-6-10-19(33-4)11-7-17)15-29(25,24(21)27(31)28(23,3)32)18-8-12-20(34-5)13-9-18/h6-16,23-25,32H,1-5H3. The Hall–Kier alpha value is -3.18. The summed E-state index contributed by atoms with van der Waals surface area (Å²) in [7, 11) is 3.21. The molecule has 0 radical (unpaired) electrons. The second kappa shape index (κ2) is 7.67. The van der Waals surface area contributed by atoms with Crippen LogP contribution in [0.4, 0.5) is 0 Å². The maximum absolute atomic E-state index is 14.1. The second-order valence-corrected chi connectivity index (χ2v) is 10.1. The van der Waals surface area contributed by atoms with Gasteiger partial charge in [-0.25, -0.2) is 0 Å². The Morgan fingerprint density at radius 1 is 0.912 bits per heavy atom. The van der Waals surface area contributed by atoms with E-state index in [0.717, 1.165) is 16.7 Å². The van der Waals surface area contributed by atoms with Gasteiger partial charge < -0.3 is 14.6 Å². The van der Waals surface area contributed by atoms with Crippen LogP contribution in [0.1, 0.15) is 31.9 Å². The molecule has 0 amide bonds. The fraction of sp³-hybridized carbons (Fsp3) is 0.379. The van der Waals surface area contributed by atoms with Gasteiger partial charge in [-0.1, -0.05) is 55.8 Å². The van der Waals surface area contributed by atoms with E-state index < -0.39 is 28.8 Å². The molecule has 2 aromatic carbocycles. The van der Waals surface area contributed by atoms with Crippen molar-refractivity contribution in [1.82, 2.24) is 0 Å². The number of hydrogen-bond donors (Lipinski definition) is 1. The van der Waals surface area contributed by atoms with Gasteiger partial charge in [-0.3, -0.25) is 9.59 Å². The molecule has 0 aliphatic heterocycles. The quantitative estimate of drug-likeness (QED) is 0.673. The molecule has 2 bridgehead atoms. The third kappa shape index (κ3) is 2.89. The zero-order valence-electron chi connectivity index (χ0n) is 20.2. The number of rotatable bonds is 5. The number of benzene rings is 2. The van der Waals surface area contributed by atoms with Crippen molar-refractivity contribution in [3.8, 4) is 11.5 Å². The van der Waals surface area contributed by atoms with Gasteiger partial charge in [0.2, 0.25) is 0 Å². The van der Waals surface area contributed by atoms with Gasteiger partial charge in [0.25, 0.3) is 0 Å². The molecule has 5 unspecified atom stereocenters. The first kappa shape index (κ1) is 22.6. The SMILES string of the molecule is COc1ccc(C2=CC3(c4ccc(OC)cc4)C4C(=O)C(C)(O)C(C=C4C(C)C)C3C2=O)cc1. The molecule has 0 saturated heterocycles. The van der Waals surface area contributed by atoms with E-state index in [1.54, 1.807) is 21.1 Å². The molecule has 0 spiro atoms. The van der Waals surface area contributed by atoms with Crippen LogP contribution < -0.4 is 9.47 Å². The van der Waals surface area contributed by atoms with Crippen LogP contribution in [0.25, 0.3) is 5.57 Å². The molecule has 2 aromatic rings. The van der Waals surface area contributed by atoms with E-state index in [-0.39, 0.29) is 17.5 Å². The molecule has 6 rings (SSSR count). The molecule has 0 heterocycles. The van der Waals surface area contributed by atoms with E-state index in [2.05, 4.69) is 13.8 Å². The van der Waals surface area contributed by atoms with E-state index in [9.17, 15) is 14.7 Å². The van der Waals surface area contributed by atoms with Crippen LogP contribution in [0.5, 0.6) is 11.5 Å². The number of ketones is 2. The van der Waals surface area contributed by atoms with Crippen LogP contribution in [0, 0.1) is 23.7 Å². The van der Waals surface area contributed by atoms with Gasteiger partial charge in [-0.15, -0.1) is 0 Å². The maximum Gasteiger partial charge on any atom is 0.173 e. The zero-order valence-corrected chi connectivity index (χ0v) is 20.2. The van der Waals surface area contributed by atoms with Gasteiger partial charge in [0.15, 0.2) is 11.6 Å². The third-order valence-corrected chi connectivity index (χ3v) is 8.06. The number of hydrogen-bond acceptors (Lipinski definition) is 5. The topological polar surface area (TPSA) is 72.8 Å². The Balaban J connectivity index is 1.78. The summed E-state index contributed by atoms with van der Waals surface area (Å²) in [6, 6.07) is 15.1. The number of carbonyl (C=O) groups excluding carboxylic acids is 2. The third-order valence-electron chi connectivity index (χ3n) is 8.06. The first-order valence-electron chi connectivity index (χ1n) is 11.7. The summed E-state index contributed by atoms with van der Waals surface area (Å²) in [5, 5.41) is 11.4. The highest BCUT2D eigenvalue weighted by molar-refractivity contribution is 6.26. The average Bonchev–Trinajstić information content (AvgIpc) is 3.16. The van der Waals surface area contributed by atoms with Gasteiger partial charge in [0.1, 0.15) is 17.1 Å². The fourth-order valence-electron chi connectivity index (χ4n) is 6.33. The monoisotopic (exact) mass is 458 g/mol. The predicted molar refractivity (Wildman–Crippen MR) is 130 cm³/mol. The van der Waals surface area contributed by atoms with E-state index in [4.69, 9.17) is 9.47 Å². The molecule has 34 heavy (non-hydrogen) atoms. The van der Waals surface area contributed by atoms with Crippen molar-refractivity contribution in [3.05, 3.63) is 77.4 Å². The van der Waals surface area contributed by atoms with Gasteiger partial charge in [0.05, 0.1) is 20.1 Å². The Kier molecular flexibility index (Phi) is 5.10. The van der Waals surface area contributed by atoms with Gasteiger partial charge >= 0.3 is 0 Å². The smallest absolute Gasteiger partial charge is 0.173 e. The van der Waals surface area contributed by atoms with Crippen LogP contribution in [-0.2, 0) is 15.0 Å². The zero-order chi connectivity index (χ0) is 24.4. The summed E-state index contributed by atoms with van der Waals surface area (Å²) in [4.78, 5) is 27.9. The highest BCUT2D eigenvalue weighted by Gasteiger charge is 2.70. The van der Waals surface area contributed by atoms with E-state index in [1.807, 2.05) is 60.7 Å². The van der Waals surface area contributed by atoms with E-state index >= 15 is 0 Å². The van der Waals surface area contributed by atoms with Crippen molar-refractivity contribution in [2.24, 2.45) is 23.7 Å². The minimum Gasteiger partial charge on any atom is -0.497 e. The summed E-state index contributed by atoms with van der Waals surface area (Å²) < 4.78 is 10.6. The van der Waals surface area contributed by atoms with Crippen molar-refractivity contribution in [2.45, 2.75) is 31.8 Å². The number of fused-ring (bicyclic) bond motifs is 1. The molecule has 5 atom stereocenters. The Morgan fingerprint density at radius 3 is 2.00 bits per heavy atom. The molecule has 0 aromatic heterocycles. The number of methoxy groups -OCH3 is 2. The van der Waals surface area contributed by atoms with Crippen LogP contribution in [0.2, 0.25) is 0 Å². The predicted octanol–water partition coefficient (Wildman–Crippen LogP) is 4.39. The largest absolute Gasteiger partial charge is 0.497 e. The number of carbonyl (C=O) groups is 2. The lowest BCUT2D eigenvalue weighted by atomic mass is 9.44. The molecule has 1 fully saturated rings. The van der Waals surface area contributed by atoms with E-state index in [0.29, 0.717) is 17.1 Å². The van der Waals surface area contributed by atoms with Crippen molar-refractivity contribution >= 4 is 17.1 Å². The molecular weight excluding hydrogens is 428 g/mol. The first-order valence-corrected chi connectivity index (χ1v) is 11.7. The molecule has 1 saturated carbocycles. The summed E-state index contributed by atoms with van der Waals surface area (Å²) in [6.07, 6.45) is 4.01. The summed E-state index contributed by atoms with van der Waals surface area (Å²) in [5.41, 5.74) is 0.793. The van der Waals surface area contributed by atoms with Crippen molar-refractivity contribution < 1.29 is 24.2 Å².